The Hall–Kier alpha value is -4.21. The number of nitrogens with one attached hydrogen (secondary N) is 1. The van der Waals surface area contributed by atoms with E-state index in [1.165, 1.54) is 12.8 Å². The monoisotopic (exact) mass is 467 g/mol. The summed E-state index contributed by atoms with van der Waals surface area (Å²) >= 11 is 0. The van der Waals surface area contributed by atoms with Crippen LogP contribution in [-0.4, -0.2) is 45.0 Å². The van der Waals surface area contributed by atoms with E-state index in [4.69, 9.17) is 19.9 Å². The lowest BCUT2D eigenvalue weighted by Gasteiger charge is -2.11. The van der Waals surface area contributed by atoms with Gasteiger partial charge in [-0.15, -0.1) is 5.10 Å². The molecule has 7 rings (SSSR count). The third-order valence-corrected chi connectivity index (χ3v) is 6.52. The molecule has 10 nitrogen and oxygen atoms in total. The van der Waals surface area contributed by atoms with Gasteiger partial charge in [-0.3, -0.25) is 4.68 Å². The zero-order chi connectivity index (χ0) is 23.5. The van der Waals surface area contributed by atoms with Crippen molar-refractivity contribution in [1.82, 2.24) is 38.9 Å². The number of fused-ring (bicyclic) bond motifs is 1. The van der Waals surface area contributed by atoms with Crippen molar-refractivity contribution < 1.29 is 4.74 Å². The smallest absolute Gasteiger partial charge is 0.218 e. The maximum atomic E-state index is 5.96. The lowest BCUT2D eigenvalue weighted by molar-refractivity contribution is 0.303. The fourth-order valence-corrected chi connectivity index (χ4v) is 4.33. The Morgan fingerprint density at radius 2 is 1.91 bits per heavy atom. The van der Waals surface area contributed by atoms with Crippen LogP contribution in [0.1, 0.15) is 37.3 Å². The summed E-state index contributed by atoms with van der Waals surface area (Å²) in [5, 5.41) is 13.1. The average Bonchev–Trinajstić information content (AvgIpc) is 3.74. The number of aromatic nitrogens is 8. The van der Waals surface area contributed by atoms with Crippen LogP contribution >= 0.6 is 0 Å². The van der Waals surface area contributed by atoms with Crippen molar-refractivity contribution in [3.8, 4) is 28.7 Å². The minimum Gasteiger partial charge on any atom is -0.490 e. The zero-order valence-electron chi connectivity index (χ0n) is 19.6. The summed E-state index contributed by atoms with van der Waals surface area (Å²) in [5.74, 6) is 3.31. The Morgan fingerprint density at radius 3 is 2.69 bits per heavy atom. The van der Waals surface area contributed by atoms with Crippen LogP contribution in [0.2, 0.25) is 0 Å². The van der Waals surface area contributed by atoms with Crippen molar-refractivity contribution in [3.05, 3.63) is 54.7 Å². The number of ether oxygens (including phenoxy) is 1. The van der Waals surface area contributed by atoms with Crippen LogP contribution in [-0.2, 0) is 7.05 Å². The normalized spacial score (nSPS) is 15.6. The second-order valence-electron chi connectivity index (χ2n) is 9.34. The number of hydrogen-bond acceptors (Lipinski definition) is 7. The van der Waals surface area contributed by atoms with E-state index in [2.05, 4.69) is 39.2 Å². The first-order valence-electron chi connectivity index (χ1n) is 12.0. The predicted octanol–water partition coefficient (Wildman–Crippen LogP) is 4.32. The Labute approximate surface area is 201 Å². The van der Waals surface area contributed by atoms with E-state index >= 15 is 0 Å². The van der Waals surface area contributed by atoms with Crippen LogP contribution < -0.4 is 10.1 Å². The molecular formula is C25H25N9O. The summed E-state index contributed by atoms with van der Waals surface area (Å²) in [6, 6.07) is 6.40. The Morgan fingerprint density at radius 1 is 1.03 bits per heavy atom. The Bertz CT molecular complexity index is 1550. The van der Waals surface area contributed by atoms with Gasteiger partial charge in [-0.05, 0) is 50.3 Å². The first-order valence-corrected chi connectivity index (χ1v) is 12.0. The number of aryl methyl sites for hydroxylation is 2. The van der Waals surface area contributed by atoms with Gasteiger partial charge in [0.05, 0.1) is 17.8 Å². The van der Waals surface area contributed by atoms with Gasteiger partial charge in [-0.25, -0.2) is 19.5 Å². The van der Waals surface area contributed by atoms with E-state index in [9.17, 15) is 0 Å². The van der Waals surface area contributed by atoms with Gasteiger partial charge in [-0.2, -0.15) is 5.10 Å². The molecule has 35 heavy (non-hydrogen) atoms. The van der Waals surface area contributed by atoms with Crippen LogP contribution in [0.5, 0.6) is 5.75 Å². The average molecular weight is 468 g/mol. The van der Waals surface area contributed by atoms with Crippen molar-refractivity contribution in [2.75, 3.05) is 5.32 Å². The molecule has 2 fully saturated rings. The molecule has 0 unspecified atom stereocenters. The van der Waals surface area contributed by atoms with Crippen LogP contribution in [0.3, 0.4) is 0 Å². The highest BCUT2D eigenvalue weighted by Crippen LogP contribution is 2.37. The maximum absolute atomic E-state index is 5.96. The van der Waals surface area contributed by atoms with Gasteiger partial charge in [0.2, 0.25) is 5.82 Å². The third-order valence-electron chi connectivity index (χ3n) is 6.52. The van der Waals surface area contributed by atoms with Gasteiger partial charge in [0, 0.05) is 49.7 Å². The first kappa shape index (κ1) is 20.2. The molecule has 10 heteroatoms. The van der Waals surface area contributed by atoms with Crippen LogP contribution in [0.4, 0.5) is 11.6 Å². The SMILES string of the molecule is Cc1c(-c2ccn(C3CC3)n2)cn2nc(-c3nccn3C)nc(Nc3cc(OC4CC4)ccn3)c12. The van der Waals surface area contributed by atoms with Crippen molar-refractivity contribution >= 4 is 17.2 Å². The second kappa shape index (κ2) is 7.66. The molecule has 0 spiro atoms. The molecule has 5 aromatic heterocycles. The van der Waals surface area contributed by atoms with E-state index in [0.29, 0.717) is 35.4 Å². The minimum atomic E-state index is 0.317. The molecular weight excluding hydrogens is 442 g/mol. The van der Waals surface area contributed by atoms with Crippen molar-refractivity contribution in [2.24, 2.45) is 7.05 Å². The summed E-state index contributed by atoms with van der Waals surface area (Å²) in [4.78, 5) is 13.8. The molecule has 2 saturated carbocycles. The molecule has 1 N–H and O–H groups in total. The molecule has 0 aliphatic heterocycles. The molecule has 0 aromatic carbocycles. The van der Waals surface area contributed by atoms with Gasteiger partial charge in [0.25, 0.3) is 0 Å². The Kier molecular flexibility index (Phi) is 4.42. The van der Waals surface area contributed by atoms with Gasteiger partial charge in [-0.1, -0.05) is 0 Å². The highest BCUT2D eigenvalue weighted by molar-refractivity contribution is 5.84. The third kappa shape index (κ3) is 3.71. The van der Waals surface area contributed by atoms with Gasteiger partial charge in [0.15, 0.2) is 11.6 Å². The van der Waals surface area contributed by atoms with Crippen molar-refractivity contribution in [2.45, 2.75) is 44.8 Å². The highest BCUT2D eigenvalue weighted by Gasteiger charge is 2.26. The van der Waals surface area contributed by atoms with Crippen LogP contribution in [0.15, 0.2) is 49.2 Å². The number of imidazole rings is 1. The predicted molar refractivity (Wildman–Crippen MR) is 131 cm³/mol. The molecule has 2 aliphatic carbocycles. The fourth-order valence-electron chi connectivity index (χ4n) is 4.33. The number of nitrogens with zero attached hydrogens (tertiary/aromatic N) is 8. The van der Waals surface area contributed by atoms with E-state index < -0.39 is 0 Å². The topological polar surface area (TPSA) is 100.0 Å². The number of rotatable bonds is 7. The number of anilines is 2. The van der Waals surface area contributed by atoms with E-state index in [0.717, 1.165) is 40.9 Å². The maximum Gasteiger partial charge on any atom is 0.218 e. The van der Waals surface area contributed by atoms with E-state index in [-0.39, 0.29) is 0 Å². The molecule has 5 aromatic rings. The first-order chi connectivity index (χ1) is 17.1. The molecule has 0 bridgehead atoms. The zero-order valence-corrected chi connectivity index (χ0v) is 19.6. The van der Waals surface area contributed by atoms with Crippen LogP contribution in [0.25, 0.3) is 28.4 Å². The molecule has 0 radical (unpaired) electrons. The van der Waals surface area contributed by atoms with Crippen molar-refractivity contribution in [3.63, 3.8) is 0 Å². The highest BCUT2D eigenvalue weighted by atomic mass is 16.5. The van der Waals surface area contributed by atoms with Gasteiger partial charge >= 0.3 is 0 Å². The lowest BCUT2D eigenvalue weighted by atomic mass is 10.1. The summed E-state index contributed by atoms with van der Waals surface area (Å²) in [6.45, 7) is 2.08. The molecule has 176 valence electrons. The summed E-state index contributed by atoms with van der Waals surface area (Å²) in [5.41, 5.74) is 3.87. The van der Waals surface area contributed by atoms with E-state index in [1.807, 2.05) is 40.7 Å². The number of pyridine rings is 1. The molecule has 2 aliphatic rings. The standard InChI is InChI=1S/C25H25N9O/c1-15-19(20-8-11-33(30-20)16-3-4-16)14-34-22(15)23(29-24(31-34)25-27-10-12-32(25)2)28-21-13-18(7-9-26-21)35-17-5-6-17/h7-14,16-17H,3-6H2,1-2H3,(H,26,28,29,31). The second-order valence-corrected chi connectivity index (χ2v) is 9.34. The summed E-state index contributed by atoms with van der Waals surface area (Å²) < 4.78 is 11.8. The Balaban J connectivity index is 1.35. The lowest BCUT2D eigenvalue weighted by Crippen LogP contribution is -2.07. The van der Waals surface area contributed by atoms with E-state index in [1.54, 1.807) is 12.4 Å². The van der Waals surface area contributed by atoms with Crippen molar-refractivity contribution in [1.29, 1.82) is 0 Å². The largest absolute Gasteiger partial charge is 0.490 e. The summed E-state index contributed by atoms with van der Waals surface area (Å²) in [7, 11) is 1.93. The van der Waals surface area contributed by atoms with Gasteiger partial charge in [0.1, 0.15) is 17.1 Å². The fraction of sp³-hybridized carbons (Fsp3) is 0.320. The van der Waals surface area contributed by atoms with Crippen LogP contribution in [0, 0.1) is 6.92 Å². The minimum absolute atomic E-state index is 0.317. The van der Waals surface area contributed by atoms with Gasteiger partial charge < -0.3 is 14.6 Å². The molecule has 0 atom stereocenters. The molecule has 0 amide bonds. The summed E-state index contributed by atoms with van der Waals surface area (Å²) in [6.07, 6.45) is 14.4. The quantitative estimate of drug-likeness (QED) is 0.381. The molecule has 5 heterocycles. The molecule has 0 saturated heterocycles. The number of hydrogen-bond donors (Lipinski definition) is 1.